The molecular weight excluding hydrogens is 340 g/mol. The van der Waals surface area contributed by atoms with Gasteiger partial charge in [0.2, 0.25) is 0 Å². The summed E-state index contributed by atoms with van der Waals surface area (Å²) in [6.45, 7) is 3.76. The zero-order valence-corrected chi connectivity index (χ0v) is 15.8. The largest absolute Gasteiger partial charge is 0.478 e. The van der Waals surface area contributed by atoms with E-state index in [1.807, 2.05) is 43.3 Å². The minimum atomic E-state index is -0.955. The van der Waals surface area contributed by atoms with Gasteiger partial charge in [0.25, 0.3) is 5.91 Å². The average Bonchev–Trinajstić information content (AvgIpc) is 2.63. The fraction of sp³-hybridized carbons (Fsp3) is 0.182. The number of nitrogens with one attached hydrogen (secondary N) is 1. The van der Waals surface area contributed by atoms with Crippen LogP contribution in [0.4, 0.5) is 11.4 Å². The predicted molar refractivity (Wildman–Crippen MR) is 108 cm³/mol. The lowest BCUT2D eigenvalue weighted by molar-refractivity contribution is 0.0695. The Labute approximate surface area is 158 Å². The van der Waals surface area contributed by atoms with E-state index in [4.69, 9.17) is 0 Å². The number of rotatable bonds is 4. The van der Waals surface area contributed by atoms with Gasteiger partial charge in [0, 0.05) is 36.4 Å². The second-order valence-electron chi connectivity index (χ2n) is 6.77. The molecule has 0 fully saturated rings. The lowest BCUT2D eigenvalue weighted by Gasteiger charge is -2.18. The maximum atomic E-state index is 12.6. The van der Waals surface area contributed by atoms with Crippen LogP contribution in [0.15, 0.2) is 48.5 Å². The van der Waals surface area contributed by atoms with Gasteiger partial charge in [0.05, 0.1) is 5.56 Å². The smallest absolute Gasteiger partial charge is 0.336 e. The molecule has 2 N–H and O–H groups in total. The number of carboxylic acid groups (broad SMARTS) is 1. The number of carbonyl (C=O) groups is 2. The highest BCUT2D eigenvalue weighted by Crippen LogP contribution is 2.33. The van der Waals surface area contributed by atoms with Crippen LogP contribution >= 0.6 is 0 Å². The minimum absolute atomic E-state index is 0.0510. The van der Waals surface area contributed by atoms with E-state index in [0.717, 1.165) is 27.7 Å². The molecule has 1 amide bonds. The summed E-state index contributed by atoms with van der Waals surface area (Å²) >= 11 is 0. The van der Waals surface area contributed by atoms with Gasteiger partial charge in [-0.2, -0.15) is 0 Å². The predicted octanol–water partition coefficient (Wildman–Crippen LogP) is 4.60. The molecule has 0 saturated carbocycles. The zero-order valence-electron chi connectivity index (χ0n) is 15.8. The van der Waals surface area contributed by atoms with Crippen molar-refractivity contribution in [1.82, 2.24) is 4.90 Å². The first-order chi connectivity index (χ1) is 12.8. The SMILES string of the molecule is Cc1c(Nc2ccc(C(=O)N(C)C)c3c(C)cccc23)cccc1C(=O)O. The molecule has 0 unspecified atom stereocenters. The lowest BCUT2D eigenvalue weighted by atomic mass is 9.97. The Kier molecular flexibility index (Phi) is 4.86. The molecule has 0 heterocycles. The third kappa shape index (κ3) is 3.36. The number of anilines is 2. The molecule has 0 aliphatic heterocycles. The quantitative estimate of drug-likeness (QED) is 0.712. The van der Waals surface area contributed by atoms with Crippen molar-refractivity contribution in [2.24, 2.45) is 0 Å². The van der Waals surface area contributed by atoms with Gasteiger partial charge in [-0.1, -0.05) is 24.3 Å². The number of hydrogen-bond donors (Lipinski definition) is 2. The monoisotopic (exact) mass is 362 g/mol. The Morgan fingerprint density at radius 1 is 0.889 bits per heavy atom. The molecule has 0 aliphatic carbocycles. The summed E-state index contributed by atoms with van der Waals surface area (Å²) in [6, 6.07) is 14.7. The normalized spacial score (nSPS) is 10.7. The van der Waals surface area contributed by atoms with E-state index in [1.165, 1.54) is 0 Å². The van der Waals surface area contributed by atoms with Crippen molar-refractivity contribution in [2.45, 2.75) is 13.8 Å². The van der Waals surface area contributed by atoms with E-state index in [-0.39, 0.29) is 11.5 Å². The summed E-state index contributed by atoms with van der Waals surface area (Å²) in [5, 5.41) is 14.5. The Balaban J connectivity index is 2.17. The summed E-state index contributed by atoms with van der Waals surface area (Å²) in [5.74, 6) is -1.01. The highest BCUT2D eigenvalue weighted by atomic mass is 16.4. The van der Waals surface area contributed by atoms with E-state index in [1.54, 1.807) is 38.1 Å². The highest BCUT2D eigenvalue weighted by molar-refractivity contribution is 6.11. The molecule has 0 radical (unpaired) electrons. The summed E-state index contributed by atoms with van der Waals surface area (Å²) in [4.78, 5) is 25.6. The number of hydrogen-bond acceptors (Lipinski definition) is 3. The van der Waals surface area contributed by atoms with Crippen molar-refractivity contribution < 1.29 is 14.7 Å². The van der Waals surface area contributed by atoms with Crippen LogP contribution in [-0.4, -0.2) is 36.0 Å². The van der Waals surface area contributed by atoms with Crippen molar-refractivity contribution in [3.8, 4) is 0 Å². The second kappa shape index (κ2) is 7.11. The number of fused-ring (bicyclic) bond motifs is 1. The molecule has 0 saturated heterocycles. The van der Waals surface area contributed by atoms with E-state index in [2.05, 4.69) is 5.32 Å². The Bertz CT molecular complexity index is 1050. The molecule has 3 rings (SSSR count). The number of aryl methyl sites for hydroxylation is 1. The van der Waals surface area contributed by atoms with Gasteiger partial charge in [-0.25, -0.2) is 4.79 Å². The third-order valence-electron chi connectivity index (χ3n) is 4.72. The molecule has 5 nitrogen and oxygen atoms in total. The maximum absolute atomic E-state index is 12.6. The van der Waals surface area contributed by atoms with Crippen LogP contribution in [-0.2, 0) is 0 Å². The molecular formula is C22H22N2O3. The van der Waals surface area contributed by atoms with Crippen LogP contribution in [0.2, 0.25) is 0 Å². The van der Waals surface area contributed by atoms with Crippen molar-refractivity contribution in [2.75, 3.05) is 19.4 Å². The van der Waals surface area contributed by atoms with Crippen LogP contribution in [0.1, 0.15) is 31.8 Å². The number of carboxylic acids is 1. The first kappa shape index (κ1) is 18.5. The van der Waals surface area contributed by atoms with Gasteiger partial charge in [-0.15, -0.1) is 0 Å². The maximum Gasteiger partial charge on any atom is 0.336 e. The lowest BCUT2D eigenvalue weighted by Crippen LogP contribution is -2.22. The second-order valence-corrected chi connectivity index (χ2v) is 6.77. The van der Waals surface area contributed by atoms with Crippen LogP contribution in [0.5, 0.6) is 0 Å². The van der Waals surface area contributed by atoms with Gasteiger partial charge in [-0.05, 0) is 54.6 Å². The van der Waals surface area contributed by atoms with Gasteiger partial charge >= 0.3 is 5.97 Å². The molecule has 3 aromatic carbocycles. The van der Waals surface area contributed by atoms with Gasteiger partial charge in [0.1, 0.15) is 0 Å². The molecule has 3 aromatic rings. The topological polar surface area (TPSA) is 69.6 Å². The number of nitrogens with zero attached hydrogens (tertiary/aromatic N) is 1. The number of benzene rings is 3. The van der Waals surface area contributed by atoms with Crippen molar-refractivity contribution in [1.29, 1.82) is 0 Å². The Morgan fingerprint density at radius 2 is 1.59 bits per heavy atom. The molecule has 0 aromatic heterocycles. The molecule has 5 heteroatoms. The summed E-state index contributed by atoms with van der Waals surface area (Å²) in [6.07, 6.45) is 0. The first-order valence-electron chi connectivity index (χ1n) is 8.65. The molecule has 0 bridgehead atoms. The van der Waals surface area contributed by atoms with Crippen molar-refractivity contribution in [3.63, 3.8) is 0 Å². The van der Waals surface area contributed by atoms with E-state index >= 15 is 0 Å². The van der Waals surface area contributed by atoms with Crippen LogP contribution in [0.25, 0.3) is 10.8 Å². The molecule has 0 aliphatic rings. The first-order valence-corrected chi connectivity index (χ1v) is 8.65. The van der Waals surface area contributed by atoms with Crippen LogP contribution in [0.3, 0.4) is 0 Å². The molecule has 138 valence electrons. The average molecular weight is 362 g/mol. The van der Waals surface area contributed by atoms with Crippen molar-refractivity contribution in [3.05, 3.63) is 70.8 Å². The highest BCUT2D eigenvalue weighted by Gasteiger charge is 2.17. The van der Waals surface area contributed by atoms with E-state index in [0.29, 0.717) is 11.1 Å². The third-order valence-corrected chi connectivity index (χ3v) is 4.72. The number of aromatic carboxylic acids is 1. The zero-order chi connectivity index (χ0) is 19.7. The molecule has 0 spiro atoms. The van der Waals surface area contributed by atoms with E-state index in [9.17, 15) is 14.7 Å². The fourth-order valence-electron chi connectivity index (χ4n) is 3.27. The summed E-state index contributed by atoms with van der Waals surface area (Å²) in [5.41, 5.74) is 4.14. The molecule has 0 atom stereocenters. The van der Waals surface area contributed by atoms with E-state index < -0.39 is 5.97 Å². The Hall–Kier alpha value is -3.34. The summed E-state index contributed by atoms with van der Waals surface area (Å²) < 4.78 is 0. The minimum Gasteiger partial charge on any atom is -0.478 e. The van der Waals surface area contributed by atoms with Gasteiger partial charge < -0.3 is 15.3 Å². The number of carbonyl (C=O) groups excluding carboxylic acids is 1. The van der Waals surface area contributed by atoms with Crippen molar-refractivity contribution >= 4 is 34.0 Å². The summed E-state index contributed by atoms with van der Waals surface area (Å²) in [7, 11) is 3.47. The number of amides is 1. The van der Waals surface area contributed by atoms with Crippen LogP contribution in [0, 0.1) is 13.8 Å². The molecule has 27 heavy (non-hydrogen) atoms. The van der Waals surface area contributed by atoms with Gasteiger partial charge in [-0.3, -0.25) is 4.79 Å². The standard InChI is InChI=1S/C22H22N2O3/c1-13-7-5-9-16-19(12-11-17(20(13)16)21(25)24(3)4)23-18-10-6-8-15(14(18)2)22(26)27/h5-12,23H,1-4H3,(H,26,27). The van der Waals surface area contributed by atoms with Gasteiger partial charge in [0.15, 0.2) is 0 Å². The Morgan fingerprint density at radius 3 is 2.26 bits per heavy atom. The van der Waals surface area contributed by atoms with Crippen LogP contribution < -0.4 is 5.32 Å². The fourth-order valence-corrected chi connectivity index (χ4v) is 3.27.